The first-order valence-electron chi connectivity index (χ1n) is 6.30. The van der Waals surface area contributed by atoms with Crippen molar-refractivity contribution in [3.63, 3.8) is 0 Å². The van der Waals surface area contributed by atoms with E-state index in [4.69, 9.17) is 0 Å². The highest BCUT2D eigenvalue weighted by Crippen LogP contribution is 2.14. The summed E-state index contributed by atoms with van der Waals surface area (Å²) >= 11 is 0. The van der Waals surface area contributed by atoms with Crippen molar-refractivity contribution in [3.05, 3.63) is 11.1 Å². The molecular formula is C12H23NO3S. The zero-order valence-corrected chi connectivity index (χ0v) is 11.6. The Balaban J connectivity index is 2.41. The first-order valence-corrected chi connectivity index (χ1v) is 7.88. The van der Waals surface area contributed by atoms with Crippen molar-refractivity contribution in [1.29, 1.82) is 0 Å². The summed E-state index contributed by atoms with van der Waals surface area (Å²) in [7, 11) is -4.13. The highest BCUT2D eigenvalue weighted by molar-refractivity contribution is 7.85. The van der Waals surface area contributed by atoms with Crippen molar-refractivity contribution in [1.82, 2.24) is 0 Å². The normalized spacial score (nSPS) is 20.2. The van der Waals surface area contributed by atoms with E-state index < -0.39 is 10.1 Å². The van der Waals surface area contributed by atoms with E-state index in [0.29, 0.717) is 11.6 Å². The first kappa shape index (κ1) is 14.7. The van der Waals surface area contributed by atoms with Crippen molar-refractivity contribution in [2.45, 2.75) is 52.0 Å². The third-order valence-electron chi connectivity index (χ3n) is 3.53. The Hall–Kier alpha value is -0.390. The third kappa shape index (κ3) is 6.19. The van der Waals surface area contributed by atoms with E-state index in [2.05, 4.69) is 5.32 Å². The molecule has 0 radical (unpaired) electrons. The summed E-state index contributed by atoms with van der Waals surface area (Å²) in [5.41, 5.74) is 1.72. The van der Waals surface area contributed by atoms with E-state index in [0.717, 1.165) is 12.1 Å². The average Bonchev–Trinajstić information content (AvgIpc) is 2.25. The molecule has 0 spiro atoms. The van der Waals surface area contributed by atoms with Gasteiger partial charge in [0.05, 0.1) is 28.5 Å². The molecule has 4 nitrogen and oxygen atoms in total. The predicted molar refractivity (Wildman–Crippen MR) is 66.6 cm³/mol. The molecule has 0 amide bonds. The van der Waals surface area contributed by atoms with Gasteiger partial charge in [-0.25, -0.2) is 8.42 Å². The lowest BCUT2D eigenvalue weighted by atomic mass is 9.95. The fourth-order valence-electron chi connectivity index (χ4n) is 2.28. The minimum Gasteiger partial charge on any atom is -0.748 e. The van der Waals surface area contributed by atoms with Crippen LogP contribution in [0.1, 0.15) is 46.0 Å². The number of rotatable bonds is 5. The van der Waals surface area contributed by atoms with E-state index in [9.17, 15) is 13.0 Å². The highest BCUT2D eigenvalue weighted by atomic mass is 32.2. The van der Waals surface area contributed by atoms with Crippen LogP contribution in [0, 0.1) is 0 Å². The molecule has 1 rings (SSSR count). The van der Waals surface area contributed by atoms with Crippen molar-refractivity contribution >= 4 is 10.1 Å². The maximum Gasteiger partial charge on any atom is 0.0985 e. The van der Waals surface area contributed by atoms with Gasteiger partial charge in [-0.2, -0.15) is 0 Å². The predicted octanol–water partition coefficient (Wildman–Crippen LogP) is 0.764. The van der Waals surface area contributed by atoms with E-state index in [1.165, 1.54) is 32.1 Å². The summed E-state index contributed by atoms with van der Waals surface area (Å²) < 4.78 is 32.0. The second-order valence-electron chi connectivity index (χ2n) is 5.10. The van der Waals surface area contributed by atoms with Crippen LogP contribution >= 0.6 is 0 Å². The number of hydrogen-bond donors (Lipinski definition) is 1. The van der Waals surface area contributed by atoms with Crippen LogP contribution in [-0.2, 0) is 10.1 Å². The van der Waals surface area contributed by atoms with Crippen molar-refractivity contribution < 1.29 is 18.3 Å². The fraction of sp³-hybridized carbons (Fsp3) is 0.833. The molecule has 17 heavy (non-hydrogen) atoms. The largest absolute Gasteiger partial charge is 0.748 e. The lowest BCUT2D eigenvalue weighted by Gasteiger charge is -2.20. The summed E-state index contributed by atoms with van der Waals surface area (Å²) in [4.78, 5) is 0. The fourth-order valence-corrected chi connectivity index (χ4v) is 3.05. The Morgan fingerprint density at radius 3 is 2.29 bits per heavy atom. The molecule has 1 fully saturated rings. The molecule has 0 aromatic heterocycles. The Morgan fingerprint density at radius 2 is 1.76 bits per heavy atom. The van der Waals surface area contributed by atoms with Crippen LogP contribution in [0.4, 0.5) is 0 Å². The van der Waals surface area contributed by atoms with Gasteiger partial charge in [0.1, 0.15) is 0 Å². The van der Waals surface area contributed by atoms with E-state index >= 15 is 0 Å². The van der Waals surface area contributed by atoms with Crippen molar-refractivity contribution in [3.8, 4) is 0 Å². The summed E-state index contributed by atoms with van der Waals surface area (Å²) in [6.45, 7) is 4.46. The molecular weight excluding hydrogens is 238 g/mol. The Labute approximate surface area is 104 Å². The summed E-state index contributed by atoms with van der Waals surface area (Å²) in [6, 6.07) is 0.676. The minimum absolute atomic E-state index is 0.350. The summed E-state index contributed by atoms with van der Waals surface area (Å²) in [5.74, 6) is -0.350. The van der Waals surface area contributed by atoms with Crippen LogP contribution in [0.15, 0.2) is 11.1 Å². The maximum atomic E-state index is 10.7. The van der Waals surface area contributed by atoms with Gasteiger partial charge in [0.25, 0.3) is 0 Å². The second kappa shape index (κ2) is 6.52. The topological polar surface area (TPSA) is 73.8 Å². The van der Waals surface area contributed by atoms with Gasteiger partial charge in [0, 0.05) is 0 Å². The Bertz CT molecular complexity index is 367. The molecule has 0 atom stereocenters. The summed E-state index contributed by atoms with van der Waals surface area (Å²) in [5, 5.41) is 2.29. The van der Waals surface area contributed by atoms with Crippen LogP contribution in [0.3, 0.4) is 0 Å². The molecule has 1 aliphatic rings. The molecule has 100 valence electrons. The maximum absolute atomic E-state index is 10.7. The van der Waals surface area contributed by atoms with Gasteiger partial charge >= 0.3 is 0 Å². The molecule has 0 unspecified atom stereocenters. The Kier molecular flexibility index (Phi) is 5.62. The van der Waals surface area contributed by atoms with Gasteiger partial charge in [-0.15, -0.1) is 0 Å². The van der Waals surface area contributed by atoms with Crippen molar-refractivity contribution in [2.75, 3.05) is 12.3 Å². The molecule has 5 heteroatoms. The average molecular weight is 261 g/mol. The van der Waals surface area contributed by atoms with Crippen molar-refractivity contribution in [2.24, 2.45) is 0 Å². The van der Waals surface area contributed by atoms with E-state index in [1.807, 2.05) is 6.92 Å². The molecule has 0 aromatic carbocycles. The molecule has 0 saturated heterocycles. The quantitative estimate of drug-likeness (QED) is 0.586. The smallest absolute Gasteiger partial charge is 0.0985 e. The van der Waals surface area contributed by atoms with Crippen LogP contribution in [0.5, 0.6) is 0 Å². The second-order valence-corrected chi connectivity index (χ2v) is 6.50. The van der Waals surface area contributed by atoms with Gasteiger partial charge in [-0.1, -0.05) is 12.0 Å². The molecule has 1 saturated carbocycles. The van der Waals surface area contributed by atoms with Gasteiger partial charge in [-0.3, -0.25) is 0 Å². The van der Waals surface area contributed by atoms with E-state index in [-0.39, 0.29) is 5.75 Å². The molecule has 0 aromatic rings. The zero-order valence-electron chi connectivity index (χ0n) is 10.7. The van der Waals surface area contributed by atoms with Gasteiger partial charge < -0.3 is 9.87 Å². The standard InChI is InChI=1S/C12H23NO3S/c1-10(11(2)9-17(14,15)16)8-13-12-6-4-3-5-7-12/h12-13H,3-9H2,1-2H3,(H,14,15,16)/b11-10-. The van der Waals surface area contributed by atoms with Crippen LogP contribution in [-0.4, -0.2) is 31.3 Å². The van der Waals surface area contributed by atoms with Gasteiger partial charge in [0.2, 0.25) is 0 Å². The summed E-state index contributed by atoms with van der Waals surface area (Å²) in [6.07, 6.45) is 6.46. The van der Waals surface area contributed by atoms with Gasteiger partial charge in [-0.05, 0) is 45.1 Å². The monoisotopic (exact) mass is 261 g/mol. The van der Waals surface area contributed by atoms with Crippen LogP contribution < -0.4 is 5.32 Å². The van der Waals surface area contributed by atoms with E-state index in [1.54, 1.807) is 6.92 Å². The number of nitrogens with two attached hydrogens (primary N) is 1. The Morgan fingerprint density at radius 1 is 1.18 bits per heavy atom. The minimum atomic E-state index is -4.13. The van der Waals surface area contributed by atoms with Crippen LogP contribution in [0.25, 0.3) is 0 Å². The lowest BCUT2D eigenvalue weighted by Crippen LogP contribution is -2.90. The number of quaternary nitrogens is 1. The highest BCUT2D eigenvalue weighted by Gasteiger charge is 2.16. The molecule has 0 heterocycles. The molecule has 2 N–H and O–H groups in total. The lowest BCUT2D eigenvalue weighted by molar-refractivity contribution is -0.685. The molecule has 0 bridgehead atoms. The first-order chi connectivity index (χ1) is 7.88. The van der Waals surface area contributed by atoms with Crippen LogP contribution in [0.2, 0.25) is 0 Å². The SMILES string of the molecule is C/C(C[NH2+]C1CCCCC1)=C(\C)CS(=O)(=O)[O-]. The van der Waals surface area contributed by atoms with Gasteiger partial charge in [0.15, 0.2) is 0 Å². The molecule has 1 aliphatic carbocycles. The number of hydrogen-bond acceptors (Lipinski definition) is 3. The zero-order chi connectivity index (χ0) is 12.9. The third-order valence-corrected chi connectivity index (χ3v) is 4.32. The molecule has 0 aliphatic heterocycles.